The molecule has 1 saturated heterocycles. The molecule has 0 unspecified atom stereocenters. The lowest BCUT2D eigenvalue weighted by molar-refractivity contribution is -0.167. The van der Waals surface area contributed by atoms with Gasteiger partial charge in [0.1, 0.15) is 11.5 Å². The number of hydrogen-bond acceptors (Lipinski definition) is 4. The van der Waals surface area contributed by atoms with E-state index in [0.717, 1.165) is 25.2 Å². The molecule has 4 atom stereocenters. The van der Waals surface area contributed by atoms with E-state index in [1.165, 1.54) is 24.8 Å². The maximum absolute atomic E-state index is 13.6. The van der Waals surface area contributed by atoms with Gasteiger partial charge in [-0.3, -0.25) is 4.79 Å². The summed E-state index contributed by atoms with van der Waals surface area (Å²) in [5.74, 6) is 1.63. The van der Waals surface area contributed by atoms with Crippen molar-refractivity contribution >= 4 is 5.97 Å². The molecule has 1 spiro atoms. The Hall–Kier alpha value is -2.33. The standard InChI is InChI=1S/C25H28O4/c1-27-18-10-12-19(13-11-18)29-24(26)22-21(17-8-4-2-5-9-17)20-16-28-23(20)25(22)14-6-3-7-15-25/h2,4-5,8-13,20-23H,3,6-7,14-16H2,1H3/t20-,21-,22+,23-/m0/s1. The van der Waals surface area contributed by atoms with Gasteiger partial charge < -0.3 is 14.2 Å². The van der Waals surface area contributed by atoms with E-state index >= 15 is 0 Å². The molecule has 152 valence electrons. The fourth-order valence-corrected chi connectivity index (χ4v) is 6.09. The van der Waals surface area contributed by atoms with Gasteiger partial charge in [0.2, 0.25) is 0 Å². The molecule has 2 aromatic carbocycles. The predicted molar refractivity (Wildman–Crippen MR) is 110 cm³/mol. The highest BCUT2D eigenvalue weighted by molar-refractivity contribution is 5.78. The molecule has 0 bridgehead atoms. The molecule has 0 amide bonds. The van der Waals surface area contributed by atoms with E-state index in [0.29, 0.717) is 11.7 Å². The minimum atomic E-state index is -0.162. The molecule has 4 nitrogen and oxygen atoms in total. The summed E-state index contributed by atoms with van der Waals surface area (Å²) in [6.45, 7) is 0.748. The summed E-state index contributed by atoms with van der Waals surface area (Å²) in [5.41, 5.74) is 1.15. The monoisotopic (exact) mass is 392 g/mol. The summed E-state index contributed by atoms with van der Waals surface area (Å²) in [5, 5.41) is 0. The number of esters is 1. The Morgan fingerprint density at radius 3 is 2.28 bits per heavy atom. The van der Waals surface area contributed by atoms with Crippen molar-refractivity contribution in [2.24, 2.45) is 17.3 Å². The average Bonchev–Trinajstić information content (AvgIpc) is 2.92. The Morgan fingerprint density at radius 2 is 1.66 bits per heavy atom. The van der Waals surface area contributed by atoms with Gasteiger partial charge in [0.15, 0.2) is 0 Å². The number of fused-ring (bicyclic) bond motifs is 2. The number of rotatable bonds is 4. The minimum Gasteiger partial charge on any atom is -0.497 e. The van der Waals surface area contributed by atoms with Crippen LogP contribution in [0.4, 0.5) is 0 Å². The maximum Gasteiger partial charge on any atom is 0.315 e. The molecule has 0 aromatic heterocycles. The van der Waals surface area contributed by atoms with E-state index in [-0.39, 0.29) is 29.3 Å². The average molecular weight is 392 g/mol. The fraction of sp³-hybridized carbons (Fsp3) is 0.480. The van der Waals surface area contributed by atoms with Gasteiger partial charge in [0, 0.05) is 17.3 Å². The first-order valence-corrected chi connectivity index (χ1v) is 10.8. The van der Waals surface area contributed by atoms with Crippen LogP contribution < -0.4 is 9.47 Å². The maximum atomic E-state index is 13.6. The SMILES string of the molecule is COc1ccc(OC(=O)[C@H]2[C@@H](c3ccccc3)[C@@H]3CO[C@@H]3C23CCCCC3)cc1. The van der Waals surface area contributed by atoms with Crippen LogP contribution in [0.15, 0.2) is 54.6 Å². The lowest BCUT2D eigenvalue weighted by atomic mass is 9.64. The van der Waals surface area contributed by atoms with Crippen molar-refractivity contribution in [3.8, 4) is 11.5 Å². The van der Waals surface area contributed by atoms with Gasteiger partial charge in [0.25, 0.3) is 0 Å². The summed E-state index contributed by atoms with van der Waals surface area (Å²) in [7, 11) is 1.63. The number of hydrogen-bond donors (Lipinski definition) is 0. The van der Waals surface area contributed by atoms with Crippen LogP contribution >= 0.6 is 0 Å². The highest BCUT2D eigenvalue weighted by atomic mass is 16.5. The molecule has 1 aliphatic heterocycles. The van der Waals surface area contributed by atoms with E-state index in [4.69, 9.17) is 14.2 Å². The summed E-state index contributed by atoms with van der Waals surface area (Å²) < 4.78 is 17.3. The number of carbonyl (C=O) groups excluding carboxylic acids is 1. The lowest BCUT2D eigenvalue weighted by Gasteiger charge is -2.46. The van der Waals surface area contributed by atoms with Crippen molar-refractivity contribution in [3.63, 3.8) is 0 Å². The molecule has 4 heteroatoms. The van der Waals surface area contributed by atoms with Crippen LogP contribution in [-0.2, 0) is 9.53 Å². The van der Waals surface area contributed by atoms with E-state index in [2.05, 4.69) is 24.3 Å². The fourth-order valence-electron chi connectivity index (χ4n) is 6.09. The molecule has 5 rings (SSSR count). The molecule has 2 aliphatic carbocycles. The second kappa shape index (κ2) is 7.49. The largest absolute Gasteiger partial charge is 0.497 e. The first-order valence-electron chi connectivity index (χ1n) is 10.8. The number of methoxy groups -OCH3 is 1. The van der Waals surface area contributed by atoms with Gasteiger partial charge in [-0.15, -0.1) is 0 Å². The quantitative estimate of drug-likeness (QED) is 0.544. The van der Waals surface area contributed by atoms with Crippen LogP contribution in [0.25, 0.3) is 0 Å². The molecule has 3 aliphatic rings. The minimum absolute atomic E-state index is 0.0920. The van der Waals surface area contributed by atoms with E-state index in [1.54, 1.807) is 7.11 Å². The number of ether oxygens (including phenoxy) is 3. The second-order valence-electron chi connectivity index (χ2n) is 8.72. The van der Waals surface area contributed by atoms with Gasteiger partial charge in [0.05, 0.1) is 25.7 Å². The molecule has 1 heterocycles. The highest BCUT2D eigenvalue weighted by Gasteiger charge is 2.67. The third-order valence-corrected chi connectivity index (χ3v) is 7.36. The van der Waals surface area contributed by atoms with Crippen LogP contribution in [0.1, 0.15) is 43.6 Å². The van der Waals surface area contributed by atoms with Gasteiger partial charge in [-0.05, 0) is 42.7 Å². The number of benzene rings is 2. The van der Waals surface area contributed by atoms with Gasteiger partial charge >= 0.3 is 5.97 Å². The van der Waals surface area contributed by atoms with Crippen molar-refractivity contribution in [2.45, 2.75) is 44.1 Å². The molecular weight excluding hydrogens is 364 g/mol. The molecule has 2 aromatic rings. The van der Waals surface area contributed by atoms with Crippen LogP contribution in [0, 0.1) is 17.3 Å². The van der Waals surface area contributed by atoms with Crippen molar-refractivity contribution in [3.05, 3.63) is 60.2 Å². The lowest BCUT2D eigenvalue weighted by Crippen LogP contribution is -2.49. The van der Waals surface area contributed by atoms with Gasteiger partial charge in [-0.2, -0.15) is 0 Å². The van der Waals surface area contributed by atoms with Crippen molar-refractivity contribution in [2.75, 3.05) is 13.7 Å². The van der Waals surface area contributed by atoms with Crippen molar-refractivity contribution in [1.82, 2.24) is 0 Å². The van der Waals surface area contributed by atoms with Gasteiger partial charge in [-0.25, -0.2) is 0 Å². The van der Waals surface area contributed by atoms with Crippen LogP contribution in [0.5, 0.6) is 11.5 Å². The van der Waals surface area contributed by atoms with Crippen molar-refractivity contribution in [1.29, 1.82) is 0 Å². The normalized spacial score (nSPS) is 29.7. The smallest absolute Gasteiger partial charge is 0.315 e. The first kappa shape index (κ1) is 18.7. The highest BCUT2D eigenvalue weighted by Crippen LogP contribution is 2.65. The van der Waals surface area contributed by atoms with E-state index < -0.39 is 0 Å². The number of carbonyl (C=O) groups is 1. The summed E-state index contributed by atoms with van der Waals surface area (Å²) >= 11 is 0. The Morgan fingerprint density at radius 1 is 0.966 bits per heavy atom. The molecule has 29 heavy (non-hydrogen) atoms. The topological polar surface area (TPSA) is 44.8 Å². The van der Waals surface area contributed by atoms with Crippen LogP contribution in [-0.4, -0.2) is 25.8 Å². The van der Waals surface area contributed by atoms with Crippen LogP contribution in [0.2, 0.25) is 0 Å². The summed E-state index contributed by atoms with van der Waals surface area (Å²) in [6, 6.07) is 17.8. The molecule has 3 fully saturated rings. The summed E-state index contributed by atoms with van der Waals surface area (Å²) in [4.78, 5) is 13.6. The Balaban J connectivity index is 1.50. The Kier molecular flexibility index (Phi) is 4.83. The zero-order valence-corrected chi connectivity index (χ0v) is 16.9. The first-order chi connectivity index (χ1) is 14.2. The zero-order chi connectivity index (χ0) is 19.8. The summed E-state index contributed by atoms with van der Waals surface area (Å²) in [6.07, 6.45) is 5.87. The second-order valence-corrected chi connectivity index (χ2v) is 8.72. The van der Waals surface area contributed by atoms with Gasteiger partial charge in [-0.1, -0.05) is 49.6 Å². The van der Waals surface area contributed by atoms with Crippen molar-refractivity contribution < 1.29 is 19.0 Å². The van der Waals surface area contributed by atoms with E-state index in [1.807, 2.05) is 30.3 Å². The molecule has 2 saturated carbocycles. The Labute approximate surface area is 172 Å². The predicted octanol–water partition coefficient (Wildman–Crippen LogP) is 4.98. The third kappa shape index (κ3) is 3.05. The molecule has 0 N–H and O–H groups in total. The molecule has 0 radical (unpaired) electrons. The zero-order valence-electron chi connectivity index (χ0n) is 16.9. The molecular formula is C25H28O4. The van der Waals surface area contributed by atoms with E-state index in [9.17, 15) is 4.79 Å². The Bertz CT molecular complexity index is 854. The third-order valence-electron chi connectivity index (χ3n) is 7.36. The van der Waals surface area contributed by atoms with Crippen LogP contribution in [0.3, 0.4) is 0 Å².